The maximum atomic E-state index is 12.0. The van der Waals surface area contributed by atoms with Crippen molar-refractivity contribution in [3.8, 4) is 5.75 Å². The van der Waals surface area contributed by atoms with Crippen LogP contribution in [0.15, 0.2) is 41.3 Å². The van der Waals surface area contributed by atoms with Gasteiger partial charge in [0.25, 0.3) is 11.1 Å². The van der Waals surface area contributed by atoms with Gasteiger partial charge in [-0.2, -0.15) is 0 Å². The molecule has 2 aromatic rings. The Labute approximate surface area is 183 Å². The van der Waals surface area contributed by atoms with E-state index in [2.05, 4.69) is 76.4 Å². The maximum absolute atomic E-state index is 12.0. The molecule has 3 rings (SSSR count). The van der Waals surface area contributed by atoms with Crippen LogP contribution in [0.3, 0.4) is 0 Å². The number of hydrogen-bond acceptors (Lipinski definition) is 4. The quantitative estimate of drug-likeness (QED) is 0.351. The number of carbonyl (C=O) groups excluding carboxylic acids is 2. The maximum Gasteiger partial charge on any atom is 0.293 e. The number of halogens is 2. The summed E-state index contributed by atoms with van der Waals surface area (Å²) in [5.74, 6) is 0.567. The van der Waals surface area contributed by atoms with Gasteiger partial charge in [-0.3, -0.25) is 14.5 Å². The average Bonchev–Trinajstić information content (AvgIpc) is 2.83. The summed E-state index contributed by atoms with van der Waals surface area (Å²) in [6.45, 7) is 2.56. The monoisotopic (exact) mass is 591 g/mol. The molecule has 0 radical (unpaired) electrons. The Kier molecular flexibility index (Phi) is 6.29. The van der Waals surface area contributed by atoms with Crippen LogP contribution >= 0.6 is 56.9 Å². The van der Waals surface area contributed by atoms with Gasteiger partial charge < -0.3 is 4.74 Å². The van der Waals surface area contributed by atoms with Gasteiger partial charge in [0.2, 0.25) is 0 Å². The third-order valence-electron chi connectivity index (χ3n) is 3.81. The van der Waals surface area contributed by atoms with Gasteiger partial charge in [-0.05, 0) is 93.2 Å². The van der Waals surface area contributed by atoms with Crippen molar-refractivity contribution >= 4 is 74.2 Å². The van der Waals surface area contributed by atoms with Gasteiger partial charge in [-0.1, -0.05) is 29.8 Å². The molecule has 4 nitrogen and oxygen atoms in total. The molecule has 0 aliphatic carbocycles. The number of likely N-dealkylation sites (N-methyl/N-ethyl adjacent to an activating group) is 1. The van der Waals surface area contributed by atoms with E-state index in [9.17, 15) is 9.59 Å². The highest BCUT2D eigenvalue weighted by molar-refractivity contribution is 14.1. The van der Waals surface area contributed by atoms with Crippen molar-refractivity contribution in [1.82, 2.24) is 4.90 Å². The molecule has 1 aliphatic rings. The molecule has 2 aromatic carbocycles. The van der Waals surface area contributed by atoms with Gasteiger partial charge in [0.05, 0.1) is 12.0 Å². The highest BCUT2D eigenvalue weighted by Crippen LogP contribution is 2.34. The van der Waals surface area contributed by atoms with Crippen molar-refractivity contribution in [2.24, 2.45) is 0 Å². The zero-order valence-corrected chi connectivity index (χ0v) is 19.2. The van der Waals surface area contributed by atoms with Gasteiger partial charge in [-0.25, -0.2) is 0 Å². The van der Waals surface area contributed by atoms with Gasteiger partial charge in [0.1, 0.15) is 12.4 Å². The number of nitrogens with zero attached hydrogens (tertiary/aromatic N) is 1. The fraction of sp³-hybridized carbons (Fsp3) is 0.158. The first-order chi connectivity index (χ1) is 12.3. The summed E-state index contributed by atoms with van der Waals surface area (Å²) in [5.41, 5.74) is 3.21. The Bertz CT molecular complexity index is 886. The molecule has 1 heterocycles. The summed E-state index contributed by atoms with van der Waals surface area (Å²) < 4.78 is 7.93. The van der Waals surface area contributed by atoms with E-state index in [0.29, 0.717) is 11.5 Å². The minimum absolute atomic E-state index is 0.247. The van der Waals surface area contributed by atoms with Gasteiger partial charge >= 0.3 is 0 Å². The van der Waals surface area contributed by atoms with Gasteiger partial charge in [0, 0.05) is 7.05 Å². The fourth-order valence-corrected chi connectivity index (χ4v) is 5.29. The molecule has 2 amide bonds. The summed E-state index contributed by atoms with van der Waals surface area (Å²) in [7, 11) is 1.49. The lowest BCUT2D eigenvalue weighted by Crippen LogP contribution is -2.22. The number of imide groups is 1. The third kappa shape index (κ3) is 4.42. The van der Waals surface area contributed by atoms with Crippen molar-refractivity contribution in [3.05, 3.63) is 65.1 Å². The lowest BCUT2D eigenvalue weighted by molar-refractivity contribution is -0.121. The number of ether oxygens (including phenoxy) is 1. The smallest absolute Gasteiger partial charge is 0.293 e. The summed E-state index contributed by atoms with van der Waals surface area (Å²) in [6, 6.07) is 12.2. The Morgan fingerprint density at radius 2 is 1.73 bits per heavy atom. The minimum atomic E-state index is -0.260. The van der Waals surface area contributed by atoms with Crippen molar-refractivity contribution in [2.75, 3.05) is 7.05 Å². The molecule has 1 saturated heterocycles. The number of aryl methyl sites for hydroxylation is 1. The molecule has 0 spiro atoms. The minimum Gasteiger partial charge on any atom is -0.487 e. The average molecular weight is 591 g/mol. The predicted molar refractivity (Wildman–Crippen MR) is 121 cm³/mol. The van der Waals surface area contributed by atoms with E-state index in [1.165, 1.54) is 12.6 Å². The molecule has 134 valence electrons. The molecule has 0 saturated carbocycles. The van der Waals surface area contributed by atoms with E-state index in [-0.39, 0.29) is 11.1 Å². The second-order valence-electron chi connectivity index (χ2n) is 5.83. The second kappa shape index (κ2) is 8.30. The molecule has 0 aromatic heterocycles. The summed E-state index contributed by atoms with van der Waals surface area (Å²) >= 11 is 5.43. The molecular formula is C19H15I2NO3S. The van der Waals surface area contributed by atoms with E-state index >= 15 is 0 Å². The summed E-state index contributed by atoms with van der Waals surface area (Å²) in [4.78, 5) is 25.2. The molecule has 1 fully saturated rings. The summed E-state index contributed by atoms with van der Waals surface area (Å²) in [6.07, 6.45) is 1.75. The molecule has 26 heavy (non-hydrogen) atoms. The number of carbonyl (C=O) groups is 2. The van der Waals surface area contributed by atoms with Gasteiger partial charge in [-0.15, -0.1) is 0 Å². The topological polar surface area (TPSA) is 46.6 Å². The van der Waals surface area contributed by atoms with Crippen LogP contribution < -0.4 is 4.74 Å². The van der Waals surface area contributed by atoms with Crippen molar-refractivity contribution in [1.29, 1.82) is 0 Å². The van der Waals surface area contributed by atoms with E-state index in [1.54, 1.807) is 6.08 Å². The van der Waals surface area contributed by atoms with Crippen LogP contribution in [0.2, 0.25) is 0 Å². The van der Waals surface area contributed by atoms with E-state index < -0.39 is 0 Å². The number of thioether (sulfide) groups is 1. The normalized spacial score (nSPS) is 15.8. The second-order valence-corrected chi connectivity index (χ2v) is 9.15. The molecule has 1 aliphatic heterocycles. The van der Waals surface area contributed by atoms with Crippen molar-refractivity contribution in [2.45, 2.75) is 13.5 Å². The summed E-state index contributed by atoms with van der Waals surface area (Å²) in [5, 5.41) is -0.247. The zero-order chi connectivity index (χ0) is 18.8. The molecule has 0 atom stereocenters. The van der Waals surface area contributed by atoms with Crippen LogP contribution in [-0.4, -0.2) is 23.1 Å². The van der Waals surface area contributed by atoms with Gasteiger partial charge in [0.15, 0.2) is 0 Å². The van der Waals surface area contributed by atoms with Crippen LogP contribution in [0.25, 0.3) is 6.08 Å². The SMILES string of the molecule is Cc1ccc(COc2c(I)cc(/C=C3\SC(=O)N(C)C3=O)cc2I)cc1. The Balaban J connectivity index is 1.79. The molecule has 0 bridgehead atoms. The van der Waals surface area contributed by atoms with E-state index in [4.69, 9.17) is 4.74 Å². The Morgan fingerprint density at radius 1 is 1.12 bits per heavy atom. The van der Waals surface area contributed by atoms with Crippen LogP contribution in [0.5, 0.6) is 5.75 Å². The molecule has 0 unspecified atom stereocenters. The van der Waals surface area contributed by atoms with Crippen LogP contribution in [0, 0.1) is 14.1 Å². The van der Waals surface area contributed by atoms with E-state index in [0.717, 1.165) is 40.7 Å². The number of amides is 2. The lowest BCUT2D eigenvalue weighted by atomic mass is 10.1. The van der Waals surface area contributed by atoms with Crippen LogP contribution in [0.4, 0.5) is 4.79 Å². The van der Waals surface area contributed by atoms with Crippen LogP contribution in [0.1, 0.15) is 16.7 Å². The first-order valence-corrected chi connectivity index (χ1v) is 10.7. The number of benzene rings is 2. The van der Waals surface area contributed by atoms with Crippen LogP contribution in [-0.2, 0) is 11.4 Å². The zero-order valence-electron chi connectivity index (χ0n) is 14.1. The highest BCUT2D eigenvalue weighted by atomic mass is 127. The largest absolute Gasteiger partial charge is 0.487 e. The molecule has 7 heteroatoms. The highest BCUT2D eigenvalue weighted by Gasteiger charge is 2.31. The number of hydrogen-bond donors (Lipinski definition) is 0. The van der Waals surface area contributed by atoms with Crippen molar-refractivity contribution in [3.63, 3.8) is 0 Å². The standard InChI is InChI=1S/C19H15I2NO3S/c1-11-3-5-12(6-4-11)10-25-17-14(20)7-13(8-15(17)21)9-16-18(23)22(2)19(24)26-16/h3-9H,10H2,1-2H3/b16-9-. The first-order valence-electron chi connectivity index (χ1n) is 7.74. The lowest BCUT2D eigenvalue weighted by Gasteiger charge is -2.12. The Hall–Kier alpha value is -1.07. The number of rotatable bonds is 4. The molecule has 0 N–H and O–H groups in total. The van der Waals surface area contributed by atoms with E-state index in [1.807, 2.05) is 12.1 Å². The molecular weight excluding hydrogens is 576 g/mol. The Morgan fingerprint density at radius 3 is 2.27 bits per heavy atom. The predicted octanol–water partition coefficient (Wildman–Crippen LogP) is 5.45. The fourth-order valence-electron chi connectivity index (χ4n) is 2.34. The first kappa shape index (κ1) is 19.7. The van der Waals surface area contributed by atoms with Crippen molar-refractivity contribution < 1.29 is 14.3 Å². The third-order valence-corrected chi connectivity index (χ3v) is 6.37.